The molecule has 1 heterocycles. The molecule has 0 aromatic heterocycles. The van der Waals surface area contributed by atoms with Crippen LogP contribution in [0.4, 0.5) is 4.79 Å². The molecular weight excluding hydrogens is 536 g/mol. The van der Waals surface area contributed by atoms with Crippen LogP contribution in [-0.2, 0) is 20.9 Å². The normalized spacial score (nSPS) is 18.0. The first-order valence-electron chi connectivity index (χ1n) is 15.5. The highest BCUT2D eigenvalue weighted by atomic mass is 32.2. The summed E-state index contributed by atoms with van der Waals surface area (Å²) in [6.07, 6.45) is 8.35. The lowest BCUT2D eigenvalue weighted by molar-refractivity contribution is -0.129. The second kappa shape index (κ2) is 17.0. The van der Waals surface area contributed by atoms with Gasteiger partial charge in [0.05, 0.1) is 0 Å². The maximum Gasteiger partial charge on any atom is 0.410 e. The van der Waals surface area contributed by atoms with Gasteiger partial charge in [-0.25, -0.2) is 4.79 Å². The Kier molecular flexibility index (Phi) is 13.8. The summed E-state index contributed by atoms with van der Waals surface area (Å²) < 4.78 is 5.50. The molecule has 1 saturated heterocycles. The van der Waals surface area contributed by atoms with Crippen LogP contribution in [0.15, 0.2) is 30.3 Å². The van der Waals surface area contributed by atoms with E-state index in [9.17, 15) is 14.4 Å². The molecule has 0 spiro atoms. The first-order valence-corrected chi connectivity index (χ1v) is 16.7. The molecular formula is C32H52N4O4S. The molecule has 2 N–H and O–H groups in total. The molecule has 230 valence electrons. The summed E-state index contributed by atoms with van der Waals surface area (Å²) in [6, 6.07) is 9.92. The molecule has 3 amide bonds. The minimum atomic E-state index is -0.644. The van der Waals surface area contributed by atoms with Crippen LogP contribution in [0.3, 0.4) is 0 Å². The molecule has 2 aliphatic rings. The minimum Gasteiger partial charge on any atom is -0.444 e. The van der Waals surface area contributed by atoms with E-state index in [4.69, 9.17) is 4.74 Å². The van der Waals surface area contributed by atoms with Crippen molar-refractivity contribution >= 4 is 29.7 Å². The SMILES string of the molecule is CCCN(CC(=O)NC(CSCC1CCCCC1)C(=O)NC1CCN(Cc2ccccc2)CC1)C(=O)OC(C)(C)C. The zero-order chi connectivity index (χ0) is 29.7. The number of piperidine rings is 1. The van der Waals surface area contributed by atoms with Crippen molar-refractivity contribution < 1.29 is 19.1 Å². The molecule has 41 heavy (non-hydrogen) atoms. The largest absolute Gasteiger partial charge is 0.444 e. The summed E-state index contributed by atoms with van der Waals surface area (Å²) in [5, 5.41) is 6.19. The van der Waals surface area contributed by atoms with Crippen LogP contribution >= 0.6 is 11.8 Å². The predicted molar refractivity (Wildman–Crippen MR) is 167 cm³/mol. The molecule has 0 bridgehead atoms. The van der Waals surface area contributed by atoms with Crippen LogP contribution in [0.2, 0.25) is 0 Å². The molecule has 8 nitrogen and oxygen atoms in total. The summed E-state index contributed by atoms with van der Waals surface area (Å²) in [7, 11) is 0. The van der Waals surface area contributed by atoms with Gasteiger partial charge in [0.2, 0.25) is 11.8 Å². The highest BCUT2D eigenvalue weighted by Crippen LogP contribution is 2.27. The van der Waals surface area contributed by atoms with Crippen molar-refractivity contribution in [2.75, 3.05) is 37.7 Å². The number of rotatable bonds is 13. The molecule has 1 aromatic carbocycles. The zero-order valence-corrected chi connectivity index (χ0v) is 26.5. The first kappa shape index (κ1) is 33.2. The van der Waals surface area contributed by atoms with Crippen molar-refractivity contribution in [3.63, 3.8) is 0 Å². The highest BCUT2D eigenvalue weighted by molar-refractivity contribution is 7.99. The fourth-order valence-electron chi connectivity index (χ4n) is 5.51. The maximum atomic E-state index is 13.5. The molecule has 3 rings (SSSR count). The summed E-state index contributed by atoms with van der Waals surface area (Å²) in [5.74, 6) is 1.77. The molecule has 9 heteroatoms. The lowest BCUT2D eigenvalue weighted by atomic mass is 9.91. The van der Waals surface area contributed by atoms with E-state index in [2.05, 4.69) is 39.8 Å². The van der Waals surface area contributed by atoms with Gasteiger partial charge >= 0.3 is 6.09 Å². The van der Waals surface area contributed by atoms with Gasteiger partial charge in [0.25, 0.3) is 0 Å². The van der Waals surface area contributed by atoms with Crippen molar-refractivity contribution in [3.05, 3.63) is 35.9 Å². The number of benzene rings is 1. The number of ether oxygens (including phenoxy) is 1. The van der Waals surface area contributed by atoms with Crippen LogP contribution in [0.5, 0.6) is 0 Å². The first-order chi connectivity index (χ1) is 19.6. The smallest absolute Gasteiger partial charge is 0.410 e. The topological polar surface area (TPSA) is 91.0 Å². The van der Waals surface area contributed by atoms with Crippen LogP contribution in [0.25, 0.3) is 0 Å². The Hall–Kier alpha value is -2.26. The second-order valence-corrected chi connectivity index (χ2v) is 13.7. The average Bonchev–Trinajstić information content (AvgIpc) is 2.93. The van der Waals surface area contributed by atoms with Gasteiger partial charge in [-0.2, -0.15) is 11.8 Å². The Morgan fingerprint density at radius 1 is 1.05 bits per heavy atom. The third-order valence-corrected chi connectivity index (χ3v) is 8.95. The average molecular weight is 589 g/mol. The number of hydrogen-bond donors (Lipinski definition) is 2. The molecule has 1 aliphatic carbocycles. The van der Waals surface area contributed by atoms with E-state index in [-0.39, 0.29) is 24.4 Å². The van der Waals surface area contributed by atoms with E-state index in [1.54, 1.807) is 11.8 Å². The number of hydrogen-bond acceptors (Lipinski definition) is 6. The van der Waals surface area contributed by atoms with E-state index in [1.807, 2.05) is 33.8 Å². The van der Waals surface area contributed by atoms with Crippen molar-refractivity contribution in [2.24, 2.45) is 5.92 Å². The molecule has 1 unspecified atom stereocenters. The Bertz CT molecular complexity index is 941. The summed E-state index contributed by atoms with van der Waals surface area (Å²) in [5.41, 5.74) is 0.658. The van der Waals surface area contributed by atoms with Gasteiger partial charge in [-0.05, 0) is 70.1 Å². The quantitative estimate of drug-likeness (QED) is 0.329. The highest BCUT2D eigenvalue weighted by Gasteiger charge is 2.29. The van der Waals surface area contributed by atoms with Gasteiger partial charge in [-0.3, -0.25) is 19.4 Å². The second-order valence-electron chi connectivity index (χ2n) is 12.6. The van der Waals surface area contributed by atoms with E-state index in [1.165, 1.54) is 42.6 Å². The number of nitrogens with zero attached hydrogens (tertiary/aromatic N) is 2. The lowest BCUT2D eigenvalue weighted by Gasteiger charge is -2.33. The van der Waals surface area contributed by atoms with Crippen molar-refractivity contribution in [2.45, 2.75) is 103 Å². The van der Waals surface area contributed by atoms with Crippen LogP contribution in [0.1, 0.15) is 84.6 Å². The Morgan fingerprint density at radius 2 is 1.73 bits per heavy atom. The number of thioether (sulfide) groups is 1. The molecule has 2 fully saturated rings. The molecule has 1 saturated carbocycles. The standard InChI is InChI=1S/C32H52N4O4S/c1-5-18-36(31(39)40-32(2,3)4)22-29(37)34-28(24-41-23-26-14-10-7-11-15-26)30(38)33-27-16-19-35(20-17-27)21-25-12-8-6-9-13-25/h6,8-9,12-13,26-28H,5,7,10-11,14-24H2,1-4H3,(H,33,38)(H,34,37). The van der Waals surface area contributed by atoms with Crippen LogP contribution in [0, 0.1) is 5.92 Å². The van der Waals surface area contributed by atoms with E-state index in [0.717, 1.165) is 38.2 Å². The number of amides is 3. The van der Waals surface area contributed by atoms with Gasteiger partial charge < -0.3 is 15.4 Å². The molecule has 1 aromatic rings. The number of carbonyl (C=O) groups is 3. The van der Waals surface area contributed by atoms with Crippen molar-refractivity contribution in [1.29, 1.82) is 0 Å². The number of nitrogens with one attached hydrogen (secondary N) is 2. The van der Waals surface area contributed by atoms with E-state index < -0.39 is 17.7 Å². The zero-order valence-electron chi connectivity index (χ0n) is 25.7. The maximum absolute atomic E-state index is 13.5. The number of carbonyl (C=O) groups excluding carboxylic acids is 3. The third kappa shape index (κ3) is 12.6. The Morgan fingerprint density at radius 3 is 2.37 bits per heavy atom. The van der Waals surface area contributed by atoms with Gasteiger partial charge in [0, 0.05) is 38.0 Å². The summed E-state index contributed by atoms with van der Waals surface area (Å²) in [6.45, 7) is 10.4. The van der Waals surface area contributed by atoms with Gasteiger partial charge in [0.15, 0.2) is 0 Å². The fraction of sp³-hybridized carbons (Fsp3) is 0.719. The summed E-state index contributed by atoms with van der Waals surface area (Å²) in [4.78, 5) is 43.1. The van der Waals surface area contributed by atoms with Crippen molar-refractivity contribution in [3.8, 4) is 0 Å². The summed E-state index contributed by atoms with van der Waals surface area (Å²) >= 11 is 1.76. The minimum absolute atomic E-state index is 0.0932. The van der Waals surface area contributed by atoms with Crippen molar-refractivity contribution in [1.82, 2.24) is 20.4 Å². The van der Waals surface area contributed by atoms with E-state index in [0.29, 0.717) is 24.6 Å². The van der Waals surface area contributed by atoms with Gasteiger partial charge in [0.1, 0.15) is 18.2 Å². The molecule has 1 atom stereocenters. The van der Waals surface area contributed by atoms with E-state index >= 15 is 0 Å². The molecule has 0 radical (unpaired) electrons. The number of likely N-dealkylation sites (tertiary alicyclic amines) is 1. The van der Waals surface area contributed by atoms with Gasteiger partial charge in [-0.1, -0.05) is 56.5 Å². The Balaban J connectivity index is 1.55. The molecule has 1 aliphatic heterocycles. The fourth-order valence-corrected chi connectivity index (χ4v) is 6.79. The predicted octanol–water partition coefficient (Wildman–Crippen LogP) is 5.21. The van der Waals surface area contributed by atoms with Gasteiger partial charge in [-0.15, -0.1) is 0 Å². The third-order valence-electron chi connectivity index (χ3n) is 7.68. The lowest BCUT2D eigenvalue weighted by Crippen LogP contribution is -2.54. The van der Waals surface area contributed by atoms with Crippen LogP contribution in [-0.4, -0.2) is 83.1 Å². The monoisotopic (exact) mass is 588 g/mol. The van der Waals surface area contributed by atoms with Crippen LogP contribution < -0.4 is 10.6 Å². The Labute approximate surface area is 251 Å².